The number of H-pyrrole nitrogens is 1. The van der Waals surface area contributed by atoms with E-state index in [0.29, 0.717) is 30.3 Å². The first-order valence-electron chi connectivity index (χ1n) is 9.28. The minimum absolute atomic E-state index is 0.124. The van der Waals surface area contributed by atoms with E-state index < -0.39 is 0 Å². The van der Waals surface area contributed by atoms with Gasteiger partial charge in [0.1, 0.15) is 11.5 Å². The Morgan fingerprint density at radius 2 is 1.83 bits per heavy atom. The lowest BCUT2D eigenvalue weighted by atomic mass is 10.1. The zero-order chi connectivity index (χ0) is 20.2. The molecule has 148 valence electrons. The number of hydrogen-bond acceptors (Lipinski definition) is 4. The average molecular weight is 407 g/mol. The molecule has 0 aliphatic carbocycles. The van der Waals surface area contributed by atoms with Crippen LogP contribution < -0.4 is 10.9 Å². The van der Waals surface area contributed by atoms with Crippen LogP contribution in [0.5, 0.6) is 0 Å². The van der Waals surface area contributed by atoms with Gasteiger partial charge in [0.2, 0.25) is 0 Å². The molecule has 0 bridgehead atoms. The SMILES string of the molecule is Cc1ccc2cc(CN(Cc3ccco3)C(=S)NCc3ccco3)c(=O)[nH]c2c1. The Balaban J connectivity index is 1.58. The number of furan rings is 2. The number of hydrogen-bond donors (Lipinski definition) is 2. The van der Waals surface area contributed by atoms with E-state index in [1.165, 1.54) is 0 Å². The Morgan fingerprint density at radius 3 is 2.55 bits per heavy atom. The molecule has 0 amide bonds. The standard InChI is InChI=1S/C22H21N3O3S/c1-15-6-7-16-11-17(21(26)24-20(16)10-15)13-25(14-19-5-3-9-28-19)22(29)23-12-18-4-2-8-27-18/h2-11H,12-14H2,1H3,(H,23,29)(H,24,26). The van der Waals surface area contributed by atoms with Crippen LogP contribution in [0.1, 0.15) is 22.6 Å². The molecule has 6 nitrogen and oxygen atoms in total. The van der Waals surface area contributed by atoms with Crippen LogP contribution in [-0.4, -0.2) is 15.0 Å². The lowest BCUT2D eigenvalue weighted by molar-refractivity contribution is 0.348. The summed E-state index contributed by atoms with van der Waals surface area (Å²) < 4.78 is 10.8. The summed E-state index contributed by atoms with van der Waals surface area (Å²) >= 11 is 5.60. The van der Waals surface area contributed by atoms with Gasteiger partial charge in [-0.15, -0.1) is 0 Å². The summed E-state index contributed by atoms with van der Waals surface area (Å²) in [5.74, 6) is 1.55. The van der Waals surface area contributed by atoms with Crippen molar-refractivity contribution in [2.45, 2.75) is 26.6 Å². The number of rotatable bonds is 6. The number of aromatic amines is 1. The number of aryl methyl sites for hydroxylation is 1. The molecule has 0 atom stereocenters. The summed E-state index contributed by atoms with van der Waals surface area (Å²) in [6, 6.07) is 15.3. The predicted octanol–water partition coefficient (Wildman–Crippen LogP) is 4.10. The largest absolute Gasteiger partial charge is 0.467 e. The van der Waals surface area contributed by atoms with Gasteiger partial charge in [0.05, 0.1) is 32.2 Å². The summed E-state index contributed by atoms with van der Waals surface area (Å²) in [6.45, 7) is 3.26. The van der Waals surface area contributed by atoms with E-state index in [4.69, 9.17) is 21.1 Å². The molecule has 0 aliphatic rings. The van der Waals surface area contributed by atoms with Crippen molar-refractivity contribution in [1.82, 2.24) is 15.2 Å². The molecule has 0 spiro atoms. The monoisotopic (exact) mass is 407 g/mol. The number of aromatic nitrogens is 1. The van der Waals surface area contributed by atoms with E-state index >= 15 is 0 Å². The van der Waals surface area contributed by atoms with Crippen LogP contribution in [0.2, 0.25) is 0 Å². The Hall–Kier alpha value is -3.32. The molecule has 0 unspecified atom stereocenters. The third-order valence-electron chi connectivity index (χ3n) is 4.65. The zero-order valence-electron chi connectivity index (χ0n) is 16.0. The van der Waals surface area contributed by atoms with Crippen LogP contribution in [0.4, 0.5) is 0 Å². The maximum absolute atomic E-state index is 12.7. The van der Waals surface area contributed by atoms with Crippen molar-refractivity contribution in [3.05, 3.63) is 94.1 Å². The Kier molecular flexibility index (Phi) is 5.48. The van der Waals surface area contributed by atoms with Crippen molar-refractivity contribution in [2.24, 2.45) is 0 Å². The first-order chi connectivity index (χ1) is 14.1. The van der Waals surface area contributed by atoms with E-state index in [1.54, 1.807) is 12.5 Å². The first-order valence-corrected chi connectivity index (χ1v) is 9.69. The van der Waals surface area contributed by atoms with Crippen LogP contribution in [0.25, 0.3) is 10.9 Å². The molecule has 7 heteroatoms. The van der Waals surface area contributed by atoms with E-state index in [2.05, 4.69) is 10.3 Å². The quantitative estimate of drug-likeness (QED) is 0.469. The highest BCUT2D eigenvalue weighted by Gasteiger charge is 2.15. The lowest BCUT2D eigenvalue weighted by Gasteiger charge is -2.24. The Bertz CT molecular complexity index is 1160. The summed E-state index contributed by atoms with van der Waals surface area (Å²) in [6.07, 6.45) is 3.25. The second-order valence-corrected chi connectivity index (χ2v) is 7.27. The molecule has 2 N–H and O–H groups in total. The highest BCUT2D eigenvalue weighted by molar-refractivity contribution is 7.80. The summed E-state index contributed by atoms with van der Waals surface area (Å²) in [4.78, 5) is 17.5. The molecule has 29 heavy (non-hydrogen) atoms. The number of pyridine rings is 1. The van der Waals surface area contributed by atoms with Gasteiger partial charge in [0, 0.05) is 11.1 Å². The molecule has 0 radical (unpaired) electrons. The van der Waals surface area contributed by atoms with Crippen LogP contribution in [0.3, 0.4) is 0 Å². The summed E-state index contributed by atoms with van der Waals surface area (Å²) in [5, 5.41) is 4.69. The molecular formula is C22H21N3O3S. The second kappa shape index (κ2) is 8.36. The van der Waals surface area contributed by atoms with Gasteiger partial charge in [-0.25, -0.2) is 0 Å². The fraction of sp³-hybridized carbons (Fsp3) is 0.182. The number of nitrogens with one attached hydrogen (secondary N) is 2. The Morgan fingerprint density at radius 1 is 1.07 bits per heavy atom. The molecule has 1 aromatic carbocycles. The van der Waals surface area contributed by atoms with Crippen molar-refractivity contribution in [3.8, 4) is 0 Å². The molecule has 0 saturated carbocycles. The van der Waals surface area contributed by atoms with Gasteiger partial charge in [-0.2, -0.15) is 0 Å². The minimum Gasteiger partial charge on any atom is -0.467 e. The number of benzene rings is 1. The van der Waals surface area contributed by atoms with E-state index in [0.717, 1.165) is 28.0 Å². The van der Waals surface area contributed by atoms with Gasteiger partial charge in [-0.05, 0) is 66.5 Å². The van der Waals surface area contributed by atoms with Crippen molar-refractivity contribution in [2.75, 3.05) is 0 Å². The molecule has 3 heterocycles. The molecule has 0 saturated heterocycles. The molecule has 0 fully saturated rings. The lowest BCUT2D eigenvalue weighted by Crippen LogP contribution is -2.39. The van der Waals surface area contributed by atoms with E-state index in [1.807, 2.05) is 60.4 Å². The van der Waals surface area contributed by atoms with Gasteiger partial charge in [-0.3, -0.25) is 4.79 Å². The van der Waals surface area contributed by atoms with Gasteiger partial charge in [0.15, 0.2) is 5.11 Å². The van der Waals surface area contributed by atoms with E-state index in [-0.39, 0.29) is 5.56 Å². The van der Waals surface area contributed by atoms with Crippen LogP contribution in [0, 0.1) is 6.92 Å². The Labute approximate surface area is 173 Å². The minimum atomic E-state index is -0.124. The van der Waals surface area contributed by atoms with E-state index in [9.17, 15) is 4.79 Å². The first kappa shape index (κ1) is 19.0. The number of nitrogens with zero attached hydrogens (tertiary/aromatic N) is 1. The fourth-order valence-electron chi connectivity index (χ4n) is 3.16. The smallest absolute Gasteiger partial charge is 0.253 e. The summed E-state index contributed by atoms with van der Waals surface area (Å²) in [7, 11) is 0. The van der Waals surface area contributed by atoms with Crippen molar-refractivity contribution in [1.29, 1.82) is 0 Å². The maximum Gasteiger partial charge on any atom is 0.253 e. The van der Waals surface area contributed by atoms with Gasteiger partial charge < -0.3 is 24.0 Å². The third kappa shape index (κ3) is 4.57. The van der Waals surface area contributed by atoms with Crippen molar-refractivity contribution < 1.29 is 8.83 Å². The van der Waals surface area contributed by atoms with Gasteiger partial charge in [-0.1, -0.05) is 12.1 Å². The predicted molar refractivity (Wildman–Crippen MR) is 115 cm³/mol. The zero-order valence-corrected chi connectivity index (χ0v) is 16.8. The highest BCUT2D eigenvalue weighted by Crippen LogP contribution is 2.15. The van der Waals surface area contributed by atoms with Crippen LogP contribution >= 0.6 is 12.2 Å². The molecule has 4 rings (SSSR count). The number of fused-ring (bicyclic) bond motifs is 1. The van der Waals surface area contributed by atoms with Crippen LogP contribution in [-0.2, 0) is 19.6 Å². The third-order valence-corrected chi connectivity index (χ3v) is 5.05. The van der Waals surface area contributed by atoms with Crippen LogP contribution in [0.15, 0.2) is 74.7 Å². The summed E-state index contributed by atoms with van der Waals surface area (Å²) in [5.41, 5.74) is 2.44. The molecular weight excluding hydrogens is 386 g/mol. The average Bonchev–Trinajstić information content (AvgIpc) is 3.40. The van der Waals surface area contributed by atoms with Gasteiger partial charge >= 0.3 is 0 Å². The van der Waals surface area contributed by atoms with Gasteiger partial charge in [0.25, 0.3) is 5.56 Å². The molecule has 4 aromatic rings. The molecule has 3 aromatic heterocycles. The number of thiocarbonyl (C=S) groups is 1. The highest BCUT2D eigenvalue weighted by atomic mass is 32.1. The fourth-order valence-corrected chi connectivity index (χ4v) is 3.36. The maximum atomic E-state index is 12.7. The topological polar surface area (TPSA) is 74.4 Å². The van der Waals surface area contributed by atoms with Crippen molar-refractivity contribution in [3.63, 3.8) is 0 Å². The molecule has 0 aliphatic heterocycles. The normalized spacial score (nSPS) is 10.9. The second-order valence-electron chi connectivity index (χ2n) is 6.89. The van der Waals surface area contributed by atoms with Crippen molar-refractivity contribution >= 4 is 28.2 Å².